The van der Waals surface area contributed by atoms with Crippen LogP contribution in [0, 0.1) is 23.2 Å². The number of benzene rings is 1. The molecule has 4 saturated carbocycles. The van der Waals surface area contributed by atoms with Crippen LogP contribution >= 0.6 is 11.6 Å². The Hall–Kier alpha value is -2.12. The highest BCUT2D eigenvalue weighted by atomic mass is 35.5. The molecular weight excluding hydrogens is 432 g/mol. The smallest absolute Gasteiger partial charge is 0.329 e. The Labute approximate surface area is 192 Å². The molecule has 1 aromatic carbocycles. The molecule has 8 heteroatoms. The second-order valence-corrected chi connectivity index (χ2v) is 10.6. The fourth-order valence-electron chi connectivity index (χ4n) is 6.92. The van der Waals surface area contributed by atoms with Crippen molar-refractivity contribution in [2.45, 2.75) is 57.1 Å². The molecule has 0 aromatic heterocycles. The van der Waals surface area contributed by atoms with Crippen molar-refractivity contribution < 1.29 is 24.2 Å². The predicted octanol–water partition coefficient (Wildman–Crippen LogP) is 3.00. The average Bonchev–Trinajstić information content (AvgIpc) is 3.14. The van der Waals surface area contributed by atoms with Crippen molar-refractivity contribution in [1.29, 1.82) is 0 Å². The van der Waals surface area contributed by atoms with Crippen LogP contribution in [-0.2, 0) is 19.1 Å². The van der Waals surface area contributed by atoms with Crippen LogP contribution in [-0.4, -0.2) is 53.1 Å². The summed E-state index contributed by atoms with van der Waals surface area (Å²) in [6.45, 7) is -0.331. The summed E-state index contributed by atoms with van der Waals surface area (Å²) in [5, 5.41) is 13.3. The first-order valence-electron chi connectivity index (χ1n) is 11.5. The van der Waals surface area contributed by atoms with Crippen molar-refractivity contribution in [2.24, 2.45) is 23.2 Å². The summed E-state index contributed by atoms with van der Waals surface area (Å²) in [6, 6.07) is 5.94. The van der Waals surface area contributed by atoms with Gasteiger partial charge in [-0.2, -0.15) is 0 Å². The molecule has 4 bridgehead atoms. The fraction of sp³-hybridized carbons (Fsp3) is 0.625. The molecule has 5 aliphatic rings. The maximum atomic E-state index is 13.7. The van der Waals surface area contributed by atoms with Gasteiger partial charge in [-0.05, 0) is 68.4 Å². The summed E-state index contributed by atoms with van der Waals surface area (Å²) in [5.74, 6) is 0.665. The first-order chi connectivity index (χ1) is 15.3. The van der Waals surface area contributed by atoms with Crippen LogP contribution in [0.15, 0.2) is 24.3 Å². The first-order valence-corrected chi connectivity index (χ1v) is 11.9. The summed E-state index contributed by atoms with van der Waals surface area (Å²) in [4.78, 5) is 40.3. The van der Waals surface area contributed by atoms with Gasteiger partial charge in [0, 0.05) is 13.0 Å². The van der Waals surface area contributed by atoms with Crippen LogP contribution in [0.2, 0.25) is 5.02 Å². The number of hydrogen-bond donors (Lipinski definition) is 2. The minimum atomic E-state index is -0.849. The van der Waals surface area contributed by atoms with Crippen molar-refractivity contribution in [3.05, 3.63) is 29.3 Å². The second kappa shape index (κ2) is 8.34. The highest BCUT2D eigenvalue weighted by molar-refractivity contribution is 6.33. The number of para-hydroxylation sites is 1. The van der Waals surface area contributed by atoms with E-state index in [-0.39, 0.29) is 18.9 Å². The number of nitrogens with one attached hydrogen (secondary N) is 1. The number of likely N-dealkylation sites (tertiary alicyclic amines) is 1. The Morgan fingerprint density at radius 3 is 2.31 bits per heavy atom. The molecule has 6 rings (SSSR count). The lowest BCUT2D eigenvalue weighted by Crippen LogP contribution is -2.56. The number of carbonyl (C=O) groups excluding carboxylic acids is 3. The van der Waals surface area contributed by atoms with Gasteiger partial charge >= 0.3 is 5.97 Å². The van der Waals surface area contributed by atoms with Gasteiger partial charge in [0.15, 0.2) is 6.61 Å². The summed E-state index contributed by atoms with van der Waals surface area (Å²) in [6.07, 6.45) is 5.74. The normalized spacial score (nSPS) is 35.1. The fourth-order valence-corrected chi connectivity index (χ4v) is 7.10. The summed E-state index contributed by atoms with van der Waals surface area (Å²) in [7, 11) is 0. The Kier molecular flexibility index (Phi) is 5.66. The van der Waals surface area contributed by atoms with Crippen LogP contribution in [0.25, 0.3) is 0 Å². The highest BCUT2D eigenvalue weighted by Gasteiger charge is 2.57. The zero-order valence-corrected chi connectivity index (χ0v) is 18.7. The van der Waals surface area contributed by atoms with E-state index in [1.165, 1.54) is 24.2 Å². The maximum absolute atomic E-state index is 13.7. The molecule has 2 unspecified atom stereocenters. The summed E-state index contributed by atoms with van der Waals surface area (Å²) >= 11 is 6.04. The number of esters is 1. The predicted molar refractivity (Wildman–Crippen MR) is 118 cm³/mol. The van der Waals surface area contributed by atoms with Gasteiger partial charge in [-0.3, -0.25) is 9.59 Å². The third kappa shape index (κ3) is 4.01. The minimum absolute atomic E-state index is 0.00406. The van der Waals surface area contributed by atoms with E-state index in [9.17, 15) is 19.5 Å². The molecule has 2 amide bonds. The first kappa shape index (κ1) is 21.7. The van der Waals surface area contributed by atoms with E-state index in [4.69, 9.17) is 16.3 Å². The topological polar surface area (TPSA) is 95.9 Å². The van der Waals surface area contributed by atoms with Crippen LogP contribution in [0.1, 0.15) is 44.9 Å². The molecule has 0 radical (unpaired) electrons. The van der Waals surface area contributed by atoms with E-state index in [2.05, 4.69) is 5.32 Å². The number of anilines is 1. The number of β-amino-alcohol motifs (C(OH)–C–C–N with tert-alkyl or cyclic N) is 1. The molecule has 0 spiro atoms. The Morgan fingerprint density at radius 2 is 1.69 bits per heavy atom. The number of aliphatic hydroxyl groups excluding tert-OH is 1. The molecule has 1 heterocycles. The van der Waals surface area contributed by atoms with E-state index in [1.807, 2.05) is 0 Å². The van der Waals surface area contributed by atoms with Gasteiger partial charge in [0.25, 0.3) is 5.91 Å². The molecule has 2 atom stereocenters. The number of aliphatic hydroxyl groups is 1. The van der Waals surface area contributed by atoms with Crippen molar-refractivity contribution in [1.82, 2.24) is 4.90 Å². The van der Waals surface area contributed by atoms with E-state index >= 15 is 0 Å². The molecule has 4 aliphatic carbocycles. The van der Waals surface area contributed by atoms with Gasteiger partial charge in [0.2, 0.25) is 5.91 Å². The van der Waals surface area contributed by atoms with Gasteiger partial charge in [-0.25, -0.2) is 4.79 Å². The lowest BCUT2D eigenvalue weighted by Gasteiger charge is -2.56. The zero-order valence-electron chi connectivity index (χ0n) is 18.0. The monoisotopic (exact) mass is 460 g/mol. The van der Waals surface area contributed by atoms with Gasteiger partial charge in [0.05, 0.1) is 22.2 Å². The van der Waals surface area contributed by atoms with E-state index in [0.717, 1.165) is 19.3 Å². The van der Waals surface area contributed by atoms with Gasteiger partial charge in [-0.1, -0.05) is 23.7 Å². The van der Waals surface area contributed by atoms with Gasteiger partial charge in [0.1, 0.15) is 6.04 Å². The number of carbonyl (C=O) groups is 3. The molecule has 7 nitrogen and oxygen atoms in total. The number of halogens is 1. The third-order valence-corrected chi connectivity index (χ3v) is 8.13. The minimum Gasteiger partial charge on any atom is -0.454 e. The van der Waals surface area contributed by atoms with E-state index < -0.39 is 36.0 Å². The van der Waals surface area contributed by atoms with Crippen molar-refractivity contribution >= 4 is 35.1 Å². The highest BCUT2D eigenvalue weighted by Crippen LogP contribution is 2.60. The van der Waals surface area contributed by atoms with Crippen molar-refractivity contribution in [3.8, 4) is 0 Å². The molecule has 172 valence electrons. The van der Waals surface area contributed by atoms with Crippen LogP contribution in [0.5, 0.6) is 0 Å². The molecule has 2 N–H and O–H groups in total. The SMILES string of the molecule is O=C(COC(=O)C1CC(O)CN1C(=O)C12CC3CC(CC(C3)C1)C2)Nc1ccccc1Cl. The number of ether oxygens (including phenoxy) is 1. The largest absolute Gasteiger partial charge is 0.454 e. The van der Waals surface area contributed by atoms with E-state index in [1.54, 1.807) is 24.3 Å². The number of amides is 2. The van der Waals surface area contributed by atoms with Crippen LogP contribution < -0.4 is 5.32 Å². The van der Waals surface area contributed by atoms with Gasteiger partial charge < -0.3 is 20.1 Å². The number of hydrogen-bond acceptors (Lipinski definition) is 5. The third-order valence-electron chi connectivity index (χ3n) is 7.80. The standard InChI is InChI=1S/C24H29ClN2O5/c25-18-3-1-2-4-19(18)26-21(29)13-32-22(30)20-8-17(28)12-27(20)23(31)24-9-14-5-15(10-24)7-16(6-14)11-24/h1-4,14-17,20,28H,5-13H2,(H,26,29). The average molecular weight is 461 g/mol. The molecule has 1 aliphatic heterocycles. The maximum Gasteiger partial charge on any atom is 0.329 e. The van der Waals surface area contributed by atoms with Crippen molar-refractivity contribution in [2.75, 3.05) is 18.5 Å². The van der Waals surface area contributed by atoms with Crippen LogP contribution in [0.4, 0.5) is 5.69 Å². The van der Waals surface area contributed by atoms with Gasteiger partial charge in [-0.15, -0.1) is 0 Å². The summed E-state index contributed by atoms with van der Waals surface area (Å²) < 4.78 is 5.25. The molecule has 1 aromatic rings. The quantitative estimate of drug-likeness (QED) is 0.658. The second-order valence-electron chi connectivity index (χ2n) is 10.2. The number of rotatable bonds is 5. The number of nitrogens with zero attached hydrogens (tertiary/aromatic N) is 1. The Bertz CT molecular complexity index is 899. The summed E-state index contributed by atoms with van der Waals surface area (Å²) in [5.41, 5.74) is 0.0452. The lowest BCUT2D eigenvalue weighted by atomic mass is 9.49. The Morgan fingerprint density at radius 1 is 1.06 bits per heavy atom. The zero-order chi connectivity index (χ0) is 22.5. The van der Waals surface area contributed by atoms with Crippen LogP contribution in [0.3, 0.4) is 0 Å². The molecule has 5 fully saturated rings. The lowest BCUT2D eigenvalue weighted by molar-refractivity contribution is -0.166. The molecule has 32 heavy (non-hydrogen) atoms. The molecular formula is C24H29ClN2O5. The Balaban J connectivity index is 1.23. The molecule has 1 saturated heterocycles. The van der Waals surface area contributed by atoms with E-state index in [0.29, 0.717) is 28.5 Å². The van der Waals surface area contributed by atoms with Crippen molar-refractivity contribution in [3.63, 3.8) is 0 Å².